The van der Waals surface area contributed by atoms with Crippen molar-refractivity contribution in [1.82, 2.24) is 29.3 Å². The largest absolute Gasteiger partial charge is 0.383 e. The molecule has 32 heavy (non-hydrogen) atoms. The van der Waals surface area contributed by atoms with E-state index in [1.165, 1.54) is 0 Å². The van der Waals surface area contributed by atoms with Crippen molar-refractivity contribution < 1.29 is 14.3 Å². The van der Waals surface area contributed by atoms with Crippen LogP contribution in [0.4, 0.5) is 0 Å². The number of fused-ring (bicyclic) bond motifs is 1. The number of aromatic nitrogens is 5. The van der Waals surface area contributed by atoms with Crippen molar-refractivity contribution >= 4 is 18.0 Å². The van der Waals surface area contributed by atoms with Gasteiger partial charge in [-0.05, 0) is 12.1 Å². The molecule has 0 saturated heterocycles. The van der Waals surface area contributed by atoms with Crippen LogP contribution in [-0.4, -0.2) is 68.9 Å². The molecule has 1 aromatic carbocycles. The lowest BCUT2D eigenvalue weighted by Gasteiger charge is -2.17. The maximum Gasteiger partial charge on any atom is 0.257 e. The second-order valence-electron chi connectivity index (χ2n) is 6.91. The van der Waals surface area contributed by atoms with Crippen LogP contribution in [-0.2, 0) is 16.6 Å². The number of rotatable bonds is 6. The minimum atomic E-state index is -0.100. The van der Waals surface area contributed by atoms with Crippen molar-refractivity contribution in [3.63, 3.8) is 0 Å². The quantitative estimate of drug-likeness (QED) is 0.460. The lowest BCUT2D eigenvalue weighted by Crippen LogP contribution is -2.30. The van der Waals surface area contributed by atoms with Crippen molar-refractivity contribution in [3.05, 3.63) is 60.4 Å². The van der Waals surface area contributed by atoms with E-state index >= 15 is 0 Å². The topological polar surface area (TPSA) is 121 Å². The van der Waals surface area contributed by atoms with E-state index in [9.17, 15) is 4.79 Å². The number of benzene rings is 1. The molecule has 10 nitrogen and oxygen atoms in total. The van der Waals surface area contributed by atoms with Gasteiger partial charge in [-0.3, -0.25) is 14.3 Å². The number of nitrogens with two attached hydrogens (primary N) is 1. The van der Waals surface area contributed by atoms with Gasteiger partial charge in [-0.25, -0.2) is 9.50 Å². The average Bonchev–Trinajstić information content (AvgIpc) is 3.41. The lowest BCUT2D eigenvalue weighted by molar-refractivity contribution is -0.106. The fourth-order valence-electron chi connectivity index (χ4n) is 3.21. The first kappa shape index (κ1) is 22.6. The van der Waals surface area contributed by atoms with Gasteiger partial charge in [0.1, 0.15) is 0 Å². The number of primary amides is 1. The summed E-state index contributed by atoms with van der Waals surface area (Å²) in [5.41, 5.74) is 7.96. The minimum Gasteiger partial charge on any atom is -0.383 e. The smallest absolute Gasteiger partial charge is 0.257 e. The van der Waals surface area contributed by atoms with Crippen LogP contribution >= 0.6 is 0 Å². The Hall–Kier alpha value is -4.05. The number of carbonyl (C=O) groups excluding carboxylic acids is 2. The van der Waals surface area contributed by atoms with Crippen molar-refractivity contribution in [2.75, 3.05) is 27.3 Å². The second-order valence-corrected chi connectivity index (χ2v) is 6.91. The summed E-state index contributed by atoms with van der Waals surface area (Å²) in [6, 6.07) is 13.7. The van der Waals surface area contributed by atoms with Crippen LogP contribution in [0.3, 0.4) is 0 Å². The maximum absolute atomic E-state index is 12.9. The van der Waals surface area contributed by atoms with Crippen LogP contribution in [0.2, 0.25) is 0 Å². The molecule has 3 aromatic heterocycles. The van der Waals surface area contributed by atoms with E-state index in [4.69, 9.17) is 9.53 Å². The zero-order chi connectivity index (χ0) is 23.1. The van der Waals surface area contributed by atoms with Crippen molar-refractivity contribution in [1.29, 1.82) is 0 Å². The van der Waals surface area contributed by atoms with E-state index < -0.39 is 0 Å². The van der Waals surface area contributed by atoms with Crippen LogP contribution < -0.4 is 5.73 Å². The van der Waals surface area contributed by atoms with Gasteiger partial charge in [-0.1, -0.05) is 30.3 Å². The molecule has 4 rings (SSSR count). The molecule has 0 aliphatic rings. The summed E-state index contributed by atoms with van der Waals surface area (Å²) in [5, 5.41) is 8.85. The number of ether oxygens (including phenoxy) is 1. The molecular weight excluding hydrogens is 410 g/mol. The third-order valence-corrected chi connectivity index (χ3v) is 4.79. The number of likely N-dealkylation sites (N-methyl/N-ethyl adjacent to an activating group) is 1. The van der Waals surface area contributed by atoms with Gasteiger partial charge in [-0.2, -0.15) is 5.10 Å². The summed E-state index contributed by atoms with van der Waals surface area (Å²) in [4.78, 5) is 27.8. The number of nitrogens with zero attached hydrogens (tertiary/aromatic N) is 6. The maximum atomic E-state index is 12.9. The molecule has 0 aliphatic carbocycles. The van der Waals surface area contributed by atoms with E-state index in [0.717, 1.165) is 16.8 Å². The molecule has 0 radical (unpaired) electrons. The lowest BCUT2D eigenvalue weighted by atomic mass is 10.1. The summed E-state index contributed by atoms with van der Waals surface area (Å²) in [6.07, 6.45) is 3.70. The molecule has 10 heteroatoms. The minimum absolute atomic E-state index is 0.100. The van der Waals surface area contributed by atoms with Gasteiger partial charge >= 0.3 is 0 Å². The predicted molar refractivity (Wildman–Crippen MR) is 120 cm³/mol. The summed E-state index contributed by atoms with van der Waals surface area (Å²) in [5.74, 6) is 0.555. The molecule has 2 amide bonds. The molecule has 0 unspecified atom stereocenters. The Morgan fingerprint density at radius 1 is 1.22 bits per heavy atom. The molecule has 0 atom stereocenters. The highest BCUT2D eigenvalue weighted by Gasteiger charge is 2.21. The molecule has 4 aromatic rings. The Kier molecular flexibility index (Phi) is 7.29. The average molecular weight is 435 g/mol. The van der Waals surface area contributed by atoms with E-state index in [0.29, 0.717) is 30.2 Å². The van der Waals surface area contributed by atoms with Crippen LogP contribution in [0.1, 0.15) is 10.4 Å². The number of aryl methyl sites for hydroxylation is 1. The molecule has 0 spiro atoms. The normalized spacial score (nSPS) is 10.5. The predicted octanol–water partition coefficient (Wildman–Crippen LogP) is 1.62. The molecule has 166 valence electrons. The summed E-state index contributed by atoms with van der Waals surface area (Å²) in [7, 11) is 5.20. The number of carbonyl (C=O) groups is 2. The third-order valence-electron chi connectivity index (χ3n) is 4.79. The first-order valence-electron chi connectivity index (χ1n) is 9.84. The number of hydrogen-bond acceptors (Lipinski definition) is 6. The Bertz CT molecular complexity index is 1200. The highest BCUT2D eigenvalue weighted by atomic mass is 16.5. The van der Waals surface area contributed by atoms with Gasteiger partial charge in [-0.15, -0.1) is 5.10 Å². The van der Waals surface area contributed by atoms with Gasteiger partial charge in [0.25, 0.3) is 5.91 Å². The van der Waals surface area contributed by atoms with Gasteiger partial charge in [0.05, 0.1) is 24.1 Å². The first-order valence-corrected chi connectivity index (χ1v) is 9.84. The van der Waals surface area contributed by atoms with Crippen molar-refractivity contribution in [2.24, 2.45) is 12.8 Å². The molecule has 3 heterocycles. The molecule has 0 aliphatic heterocycles. The molecule has 0 saturated carbocycles. The zero-order valence-corrected chi connectivity index (χ0v) is 18.2. The number of pyridine rings is 1. The fraction of sp³-hybridized carbons (Fsp3) is 0.227. The summed E-state index contributed by atoms with van der Waals surface area (Å²) >= 11 is 0. The van der Waals surface area contributed by atoms with Crippen molar-refractivity contribution in [3.8, 4) is 22.6 Å². The summed E-state index contributed by atoms with van der Waals surface area (Å²) < 4.78 is 8.51. The van der Waals surface area contributed by atoms with E-state index in [-0.39, 0.29) is 12.3 Å². The second kappa shape index (κ2) is 10.3. The first-order chi connectivity index (χ1) is 15.5. The van der Waals surface area contributed by atoms with Gasteiger partial charge in [0, 0.05) is 45.1 Å². The Labute approximate surface area is 185 Å². The van der Waals surface area contributed by atoms with Crippen LogP contribution in [0.5, 0.6) is 0 Å². The van der Waals surface area contributed by atoms with E-state index in [1.807, 2.05) is 55.7 Å². The number of amides is 2. The standard InChI is InChI=1S/C21H22N6O2.CH3NO/c1-25(11-12-29-3)21(28)17-14-22-26(2)19(17)16-9-10-27-18(13-16)23-20(24-27)15-7-5-4-6-8-15;2-1-3/h4-10,13-14H,11-12H2,1-3H3;1H,(H2,2,3). The van der Waals surface area contributed by atoms with Crippen LogP contribution in [0.15, 0.2) is 54.9 Å². The molecular formula is C22H25N7O3. The van der Waals surface area contributed by atoms with E-state index in [1.54, 1.807) is 34.5 Å². The SMILES string of the molecule is COCCN(C)C(=O)c1cnn(C)c1-c1ccn2nc(-c3ccccc3)nc2c1.NC=O. The zero-order valence-electron chi connectivity index (χ0n) is 18.2. The van der Waals surface area contributed by atoms with Gasteiger partial charge in [0.2, 0.25) is 6.41 Å². The molecule has 0 bridgehead atoms. The number of methoxy groups -OCH3 is 1. The van der Waals surface area contributed by atoms with Gasteiger partial charge < -0.3 is 15.4 Å². The van der Waals surface area contributed by atoms with Crippen LogP contribution in [0, 0.1) is 0 Å². The van der Waals surface area contributed by atoms with Crippen LogP contribution in [0.25, 0.3) is 28.3 Å². The monoisotopic (exact) mass is 435 g/mol. The Balaban J connectivity index is 0.000000913. The number of hydrogen-bond donors (Lipinski definition) is 1. The summed E-state index contributed by atoms with van der Waals surface area (Å²) in [6.45, 7) is 0.985. The molecule has 2 N–H and O–H groups in total. The third kappa shape index (κ3) is 4.81. The van der Waals surface area contributed by atoms with Crippen molar-refractivity contribution in [2.45, 2.75) is 0 Å². The highest BCUT2D eigenvalue weighted by molar-refractivity contribution is 6.00. The van der Waals surface area contributed by atoms with Gasteiger partial charge in [0.15, 0.2) is 11.5 Å². The highest BCUT2D eigenvalue weighted by Crippen LogP contribution is 2.26. The Morgan fingerprint density at radius 3 is 2.62 bits per heavy atom. The fourth-order valence-corrected chi connectivity index (χ4v) is 3.21. The van der Waals surface area contributed by atoms with E-state index in [2.05, 4.69) is 20.9 Å². The molecule has 0 fully saturated rings. The Morgan fingerprint density at radius 2 is 1.94 bits per heavy atom.